The van der Waals surface area contributed by atoms with Crippen LogP contribution in [-0.2, 0) is 0 Å². The number of hydrogen-bond donors (Lipinski definition) is 2. The van der Waals surface area contributed by atoms with Gasteiger partial charge in [0.2, 0.25) is 0 Å². The number of halogens is 1. The van der Waals surface area contributed by atoms with Crippen molar-refractivity contribution in [1.82, 2.24) is 10.3 Å². The lowest BCUT2D eigenvalue weighted by Gasteiger charge is -2.36. The van der Waals surface area contributed by atoms with Crippen molar-refractivity contribution in [1.29, 1.82) is 0 Å². The molecule has 1 saturated carbocycles. The van der Waals surface area contributed by atoms with Crippen molar-refractivity contribution in [3.05, 3.63) is 59.2 Å². The number of nitrogens with one attached hydrogen (secondary N) is 2. The molecular formula is C16H17FN2O. The minimum atomic E-state index is -0.150. The molecule has 1 aliphatic carbocycles. The monoisotopic (exact) mass is 272 g/mol. The van der Waals surface area contributed by atoms with Gasteiger partial charge in [-0.05, 0) is 48.9 Å². The molecule has 1 aromatic carbocycles. The van der Waals surface area contributed by atoms with E-state index in [4.69, 9.17) is 0 Å². The summed E-state index contributed by atoms with van der Waals surface area (Å²) in [6.07, 6.45) is 3.35. The number of rotatable bonds is 3. The van der Waals surface area contributed by atoms with Gasteiger partial charge in [-0.25, -0.2) is 4.39 Å². The van der Waals surface area contributed by atoms with Crippen LogP contribution >= 0.6 is 0 Å². The molecule has 4 heteroatoms. The van der Waals surface area contributed by atoms with Crippen LogP contribution in [0.5, 0.6) is 0 Å². The zero-order valence-corrected chi connectivity index (χ0v) is 11.3. The number of amides is 1. The third kappa shape index (κ3) is 2.33. The second-order valence-corrected chi connectivity index (χ2v) is 5.40. The average molecular weight is 272 g/mol. The summed E-state index contributed by atoms with van der Waals surface area (Å²) < 4.78 is 13.6. The van der Waals surface area contributed by atoms with Crippen molar-refractivity contribution >= 4 is 5.91 Å². The van der Waals surface area contributed by atoms with Gasteiger partial charge in [0.05, 0.1) is 0 Å². The van der Waals surface area contributed by atoms with Crippen molar-refractivity contribution in [3.63, 3.8) is 0 Å². The zero-order chi connectivity index (χ0) is 14.1. The van der Waals surface area contributed by atoms with Crippen molar-refractivity contribution < 1.29 is 9.18 Å². The highest BCUT2D eigenvalue weighted by molar-refractivity contribution is 5.94. The topological polar surface area (TPSA) is 44.9 Å². The minimum Gasteiger partial charge on any atom is -0.357 e. The maximum atomic E-state index is 13.6. The second kappa shape index (κ2) is 5.12. The summed E-state index contributed by atoms with van der Waals surface area (Å²) in [7, 11) is 0. The van der Waals surface area contributed by atoms with Gasteiger partial charge in [0, 0.05) is 12.2 Å². The molecule has 0 atom stereocenters. The molecule has 2 N–H and O–H groups in total. The molecular weight excluding hydrogens is 255 g/mol. The standard InChI is InChI=1S/C16H17FN2O/c1-10-6-7-18-15(10)16(20)19-12-8-11(9-12)13-4-2-3-5-14(13)17/h2-7,11-12,18H,8-9H2,1H3,(H,19,20). The van der Waals surface area contributed by atoms with Gasteiger partial charge in [-0.3, -0.25) is 4.79 Å². The quantitative estimate of drug-likeness (QED) is 0.885. The number of aromatic nitrogens is 1. The molecule has 1 aliphatic rings. The van der Waals surface area contributed by atoms with E-state index in [0.717, 1.165) is 24.0 Å². The maximum absolute atomic E-state index is 13.6. The van der Waals surface area contributed by atoms with Crippen molar-refractivity contribution in [2.24, 2.45) is 0 Å². The molecule has 0 aliphatic heterocycles. The molecule has 3 rings (SSSR count). The number of H-pyrrole nitrogens is 1. The molecule has 0 spiro atoms. The van der Waals surface area contributed by atoms with Crippen molar-refractivity contribution in [3.8, 4) is 0 Å². The van der Waals surface area contributed by atoms with Crippen LogP contribution < -0.4 is 5.32 Å². The first-order valence-electron chi connectivity index (χ1n) is 6.84. The largest absolute Gasteiger partial charge is 0.357 e. The highest BCUT2D eigenvalue weighted by atomic mass is 19.1. The van der Waals surface area contributed by atoms with Gasteiger partial charge in [0.1, 0.15) is 11.5 Å². The summed E-state index contributed by atoms with van der Waals surface area (Å²) in [5, 5.41) is 2.99. The molecule has 2 aromatic rings. The Morgan fingerprint density at radius 1 is 1.30 bits per heavy atom. The smallest absolute Gasteiger partial charge is 0.268 e. The molecule has 1 fully saturated rings. The van der Waals surface area contributed by atoms with Crippen LogP contribution in [0.3, 0.4) is 0 Å². The van der Waals surface area contributed by atoms with E-state index in [1.807, 2.05) is 25.1 Å². The number of carbonyl (C=O) groups excluding carboxylic acids is 1. The van der Waals surface area contributed by atoms with Crippen LogP contribution in [0.4, 0.5) is 4.39 Å². The Morgan fingerprint density at radius 3 is 2.70 bits per heavy atom. The van der Waals surface area contributed by atoms with E-state index in [-0.39, 0.29) is 23.7 Å². The van der Waals surface area contributed by atoms with Crippen LogP contribution in [-0.4, -0.2) is 16.9 Å². The third-order valence-corrected chi connectivity index (χ3v) is 4.00. The number of hydrogen-bond acceptors (Lipinski definition) is 1. The fourth-order valence-corrected chi connectivity index (χ4v) is 2.75. The van der Waals surface area contributed by atoms with E-state index in [0.29, 0.717) is 5.69 Å². The Hall–Kier alpha value is -2.10. The Bertz CT molecular complexity index is 629. The maximum Gasteiger partial charge on any atom is 0.268 e. The fraction of sp³-hybridized carbons (Fsp3) is 0.312. The Balaban J connectivity index is 1.58. The van der Waals surface area contributed by atoms with Gasteiger partial charge < -0.3 is 10.3 Å². The average Bonchev–Trinajstić information content (AvgIpc) is 2.81. The Labute approximate surface area is 117 Å². The summed E-state index contributed by atoms with van der Waals surface area (Å²) in [4.78, 5) is 15.0. The summed E-state index contributed by atoms with van der Waals surface area (Å²) in [5.74, 6) is -0.0155. The van der Waals surface area contributed by atoms with E-state index in [9.17, 15) is 9.18 Å². The number of aryl methyl sites for hydroxylation is 1. The third-order valence-electron chi connectivity index (χ3n) is 4.00. The highest BCUT2D eigenvalue weighted by Gasteiger charge is 2.33. The van der Waals surface area contributed by atoms with E-state index in [1.165, 1.54) is 6.07 Å². The Morgan fingerprint density at radius 2 is 2.05 bits per heavy atom. The predicted molar refractivity (Wildman–Crippen MR) is 75.2 cm³/mol. The number of benzene rings is 1. The minimum absolute atomic E-state index is 0.0792. The van der Waals surface area contributed by atoms with Crippen LogP contribution in [0.1, 0.15) is 40.4 Å². The summed E-state index contributed by atoms with van der Waals surface area (Å²) in [6.45, 7) is 1.90. The molecule has 1 heterocycles. The van der Waals surface area contributed by atoms with Gasteiger partial charge >= 0.3 is 0 Å². The zero-order valence-electron chi connectivity index (χ0n) is 11.3. The first-order chi connectivity index (χ1) is 9.65. The summed E-state index contributed by atoms with van der Waals surface area (Å²) in [5.41, 5.74) is 2.31. The normalized spacial score (nSPS) is 21.3. The highest BCUT2D eigenvalue weighted by Crippen LogP contribution is 2.38. The van der Waals surface area contributed by atoms with Crippen LogP contribution in [0, 0.1) is 12.7 Å². The lowest BCUT2D eigenvalue weighted by Crippen LogP contribution is -2.43. The molecule has 0 unspecified atom stereocenters. The molecule has 3 nitrogen and oxygen atoms in total. The van der Waals surface area contributed by atoms with Crippen molar-refractivity contribution in [2.45, 2.75) is 31.7 Å². The molecule has 0 radical (unpaired) electrons. The molecule has 1 aromatic heterocycles. The first-order valence-corrected chi connectivity index (χ1v) is 6.84. The van der Waals surface area contributed by atoms with Gasteiger partial charge in [-0.1, -0.05) is 18.2 Å². The molecule has 0 bridgehead atoms. The number of carbonyl (C=O) groups is 1. The van der Waals surface area contributed by atoms with E-state index in [1.54, 1.807) is 12.3 Å². The van der Waals surface area contributed by atoms with E-state index < -0.39 is 0 Å². The predicted octanol–water partition coefficient (Wildman–Crippen LogP) is 3.14. The molecule has 20 heavy (non-hydrogen) atoms. The van der Waals surface area contributed by atoms with Crippen LogP contribution in [0.15, 0.2) is 36.5 Å². The summed E-state index contributed by atoms with van der Waals surface area (Å²) in [6, 6.07) is 8.88. The molecule has 104 valence electrons. The Kier molecular flexibility index (Phi) is 3.30. The van der Waals surface area contributed by atoms with Crippen molar-refractivity contribution in [2.75, 3.05) is 0 Å². The van der Waals surface area contributed by atoms with Crippen LogP contribution in [0.25, 0.3) is 0 Å². The van der Waals surface area contributed by atoms with Gasteiger partial charge in [0.15, 0.2) is 0 Å². The molecule has 0 saturated heterocycles. The second-order valence-electron chi connectivity index (χ2n) is 5.40. The van der Waals surface area contributed by atoms with Gasteiger partial charge in [0.25, 0.3) is 5.91 Å². The SMILES string of the molecule is Cc1cc[nH]c1C(=O)NC1CC(c2ccccc2F)C1. The van der Waals surface area contributed by atoms with Crippen LogP contribution in [0.2, 0.25) is 0 Å². The van der Waals surface area contributed by atoms with E-state index >= 15 is 0 Å². The van der Waals surface area contributed by atoms with Gasteiger partial charge in [-0.2, -0.15) is 0 Å². The first kappa shape index (κ1) is 12.9. The molecule has 1 amide bonds. The lowest BCUT2D eigenvalue weighted by atomic mass is 9.75. The number of aromatic amines is 1. The fourth-order valence-electron chi connectivity index (χ4n) is 2.75. The summed E-state index contributed by atoms with van der Waals surface area (Å²) >= 11 is 0. The lowest BCUT2D eigenvalue weighted by molar-refractivity contribution is 0.0903. The van der Waals surface area contributed by atoms with Gasteiger partial charge in [-0.15, -0.1) is 0 Å². The van der Waals surface area contributed by atoms with E-state index in [2.05, 4.69) is 10.3 Å².